The lowest BCUT2D eigenvalue weighted by atomic mass is 10.00. The number of thioether (sulfide) groups is 1. The Morgan fingerprint density at radius 3 is 3.00 bits per heavy atom. The minimum atomic E-state index is 0.234. The molecule has 0 radical (unpaired) electrons. The predicted molar refractivity (Wildman–Crippen MR) is 122 cm³/mol. The van der Waals surface area contributed by atoms with E-state index in [0.717, 1.165) is 50.2 Å². The molecule has 0 aliphatic carbocycles. The normalized spacial score (nSPS) is 21.4. The third-order valence-electron chi connectivity index (χ3n) is 5.69. The molecule has 0 spiro atoms. The number of pyridine rings is 1. The van der Waals surface area contributed by atoms with Crippen molar-refractivity contribution in [3.8, 4) is 6.19 Å². The van der Waals surface area contributed by atoms with Gasteiger partial charge in [-0.3, -0.25) is 20.1 Å². The zero-order valence-electron chi connectivity index (χ0n) is 17.6. The van der Waals surface area contributed by atoms with Crippen LogP contribution in [0.25, 0.3) is 0 Å². The second kappa shape index (κ2) is 12.4. The van der Waals surface area contributed by atoms with Crippen molar-refractivity contribution in [1.82, 2.24) is 15.2 Å². The molecule has 1 amide bonds. The molecule has 3 rings (SSSR count). The number of aromatic nitrogens is 1. The fourth-order valence-electron chi connectivity index (χ4n) is 4.07. The number of guanidine groups is 1. The van der Waals surface area contributed by atoms with Crippen LogP contribution >= 0.6 is 11.8 Å². The molecule has 162 valence electrons. The average Bonchev–Trinajstić information content (AvgIpc) is 3.46. The van der Waals surface area contributed by atoms with Gasteiger partial charge in [-0.2, -0.15) is 5.26 Å². The summed E-state index contributed by atoms with van der Waals surface area (Å²) in [6.45, 7) is 2.60. The minimum absolute atomic E-state index is 0.234. The second-order valence-corrected chi connectivity index (χ2v) is 9.29. The van der Waals surface area contributed by atoms with Crippen molar-refractivity contribution in [2.75, 3.05) is 30.7 Å². The van der Waals surface area contributed by atoms with Gasteiger partial charge in [-0.05, 0) is 55.9 Å². The van der Waals surface area contributed by atoms with E-state index in [-0.39, 0.29) is 5.25 Å². The molecule has 2 fully saturated rings. The quantitative estimate of drug-likeness (QED) is 0.205. The number of rotatable bonds is 9. The molecule has 2 aliphatic rings. The molecule has 2 atom stereocenters. The first-order valence-electron chi connectivity index (χ1n) is 11.0. The van der Waals surface area contributed by atoms with Crippen LogP contribution in [0.2, 0.25) is 0 Å². The summed E-state index contributed by atoms with van der Waals surface area (Å²) in [6, 6.07) is 3.71. The summed E-state index contributed by atoms with van der Waals surface area (Å²) in [6.07, 6.45) is 14.5. The van der Waals surface area contributed by atoms with Crippen molar-refractivity contribution in [2.45, 2.75) is 56.6 Å². The van der Waals surface area contributed by atoms with Crippen LogP contribution in [0.3, 0.4) is 0 Å². The number of nitriles is 1. The number of amides is 1. The third-order valence-corrected chi connectivity index (χ3v) is 7.06. The highest BCUT2D eigenvalue weighted by molar-refractivity contribution is 8.00. The second-order valence-electron chi connectivity index (χ2n) is 7.98. The van der Waals surface area contributed by atoms with Crippen LogP contribution in [0.1, 0.15) is 51.4 Å². The Hall–Kier alpha value is -2.27. The lowest BCUT2D eigenvalue weighted by Gasteiger charge is -2.20. The third kappa shape index (κ3) is 7.21. The summed E-state index contributed by atoms with van der Waals surface area (Å²) in [5, 5.41) is 14.8. The van der Waals surface area contributed by atoms with E-state index in [2.05, 4.69) is 25.5 Å². The number of hydrogen-bond donors (Lipinski definition) is 2. The molecule has 0 aromatic carbocycles. The summed E-state index contributed by atoms with van der Waals surface area (Å²) < 4.78 is 0. The van der Waals surface area contributed by atoms with Gasteiger partial charge in [0.15, 0.2) is 6.19 Å². The standard InChI is InChI=1S/C22H32N6OS/c23-17-26-22(27-19-8-5-11-24-15-19)25-12-4-2-1-3-7-18-10-13-28(16-18)21(29)20-9-6-14-30-20/h5,8,11,15,18,20H,1-4,6-7,9-10,12-14,16H2,(H2,25,26,27). The smallest absolute Gasteiger partial charge is 0.235 e. The number of nitrogens with one attached hydrogen (secondary N) is 2. The van der Waals surface area contributed by atoms with Gasteiger partial charge in [0.1, 0.15) is 0 Å². The molecule has 30 heavy (non-hydrogen) atoms. The Balaban J connectivity index is 1.26. The SMILES string of the molecule is N#CNC(=NCCCCCCC1CCN(C(=O)C2CCCS2)C1)Nc1cccnc1. The summed E-state index contributed by atoms with van der Waals surface area (Å²) in [5.74, 6) is 2.67. The molecule has 2 N–H and O–H groups in total. The van der Waals surface area contributed by atoms with Crippen molar-refractivity contribution in [3.05, 3.63) is 24.5 Å². The fraction of sp³-hybridized carbons (Fsp3) is 0.636. The van der Waals surface area contributed by atoms with Gasteiger partial charge in [0, 0.05) is 25.8 Å². The number of anilines is 1. The van der Waals surface area contributed by atoms with Crippen LogP contribution in [0.4, 0.5) is 5.69 Å². The van der Waals surface area contributed by atoms with Gasteiger partial charge >= 0.3 is 0 Å². The summed E-state index contributed by atoms with van der Waals surface area (Å²) in [7, 11) is 0. The number of unbranched alkanes of at least 4 members (excludes halogenated alkanes) is 3. The van der Waals surface area contributed by atoms with E-state index in [9.17, 15) is 4.79 Å². The van der Waals surface area contributed by atoms with E-state index in [1.807, 2.05) is 30.1 Å². The molecule has 2 saturated heterocycles. The van der Waals surface area contributed by atoms with Crippen LogP contribution in [0.5, 0.6) is 0 Å². The number of likely N-dealkylation sites (tertiary alicyclic amines) is 1. The lowest BCUT2D eigenvalue weighted by molar-refractivity contribution is -0.129. The highest BCUT2D eigenvalue weighted by Gasteiger charge is 2.32. The zero-order valence-corrected chi connectivity index (χ0v) is 18.4. The van der Waals surface area contributed by atoms with Crippen molar-refractivity contribution in [1.29, 1.82) is 5.26 Å². The van der Waals surface area contributed by atoms with Crippen molar-refractivity contribution in [3.63, 3.8) is 0 Å². The average molecular weight is 429 g/mol. The number of hydrogen-bond acceptors (Lipinski definition) is 5. The Labute approximate surface area is 183 Å². The van der Waals surface area contributed by atoms with Crippen LogP contribution in [-0.4, -0.2) is 52.4 Å². The molecule has 2 aliphatic heterocycles. The van der Waals surface area contributed by atoms with Gasteiger partial charge in [-0.1, -0.05) is 19.3 Å². The summed E-state index contributed by atoms with van der Waals surface area (Å²) >= 11 is 1.84. The largest absolute Gasteiger partial charge is 0.341 e. The minimum Gasteiger partial charge on any atom is -0.341 e. The first-order valence-corrected chi connectivity index (χ1v) is 12.1. The Bertz CT molecular complexity index is 729. The maximum absolute atomic E-state index is 12.5. The van der Waals surface area contributed by atoms with E-state index >= 15 is 0 Å². The molecule has 3 heterocycles. The number of carbonyl (C=O) groups excluding carboxylic acids is 1. The topological polar surface area (TPSA) is 93.4 Å². The fourth-order valence-corrected chi connectivity index (χ4v) is 5.31. The van der Waals surface area contributed by atoms with Crippen LogP contribution in [0.15, 0.2) is 29.5 Å². The lowest BCUT2D eigenvalue weighted by Crippen LogP contribution is -2.35. The van der Waals surface area contributed by atoms with Crippen LogP contribution < -0.4 is 10.6 Å². The van der Waals surface area contributed by atoms with Crippen LogP contribution in [-0.2, 0) is 4.79 Å². The first-order chi connectivity index (χ1) is 14.8. The molecule has 7 nitrogen and oxygen atoms in total. The molecule has 1 aromatic heterocycles. The van der Waals surface area contributed by atoms with Gasteiger partial charge < -0.3 is 10.2 Å². The summed E-state index contributed by atoms with van der Waals surface area (Å²) in [4.78, 5) is 23.1. The van der Waals surface area contributed by atoms with Gasteiger partial charge in [0.25, 0.3) is 0 Å². The molecule has 0 saturated carbocycles. The highest BCUT2D eigenvalue weighted by atomic mass is 32.2. The van der Waals surface area contributed by atoms with E-state index < -0.39 is 0 Å². The Morgan fingerprint density at radius 2 is 2.23 bits per heavy atom. The van der Waals surface area contributed by atoms with E-state index in [1.54, 1.807) is 12.4 Å². The molecule has 8 heteroatoms. The van der Waals surface area contributed by atoms with Gasteiger partial charge in [-0.25, -0.2) is 0 Å². The predicted octanol–water partition coefficient (Wildman–Crippen LogP) is 3.61. The molecule has 2 unspecified atom stereocenters. The van der Waals surface area contributed by atoms with Crippen LogP contribution in [0, 0.1) is 17.4 Å². The Morgan fingerprint density at radius 1 is 1.33 bits per heavy atom. The van der Waals surface area contributed by atoms with Crippen molar-refractivity contribution < 1.29 is 4.79 Å². The van der Waals surface area contributed by atoms with E-state index in [0.29, 0.717) is 24.3 Å². The van der Waals surface area contributed by atoms with Gasteiger partial charge in [0.05, 0.1) is 17.1 Å². The molecule has 0 bridgehead atoms. The van der Waals surface area contributed by atoms with E-state index in [1.165, 1.54) is 25.7 Å². The number of nitrogens with zero attached hydrogens (tertiary/aromatic N) is 4. The maximum Gasteiger partial charge on any atom is 0.235 e. The number of carbonyl (C=O) groups is 1. The maximum atomic E-state index is 12.5. The van der Waals surface area contributed by atoms with Gasteiger partial charge in [-0.15, -0.1) is 11.8 Å². The number of aliphatic imine (C=N–C) groups is 1. The van der Waals surface area contributed by atoms with Crippen molar-refractivity contribution in [2.24, 2.45) is 10.9 Å². The molecule has 1 aromatic rings. The van der Waals surface area contributed by atoms with Gasteiger partial charge in [0.2, 0.25) is 11.9 Å². The zero-order chi connectivity index (χ0) is 21.0. The molecular weight excluding hydrogens is 396 g/mol. The van der Waals surface area contributed by atoms with E-state index in [4.69, 9.17) is 5.26 Å². The monoisotopic (exact) mass is 428 g/mol. The Kier molecular flexibility index (Phi) is 9.29. The summed E-state index contributed by atoms with van der Waals surface area (Å²) in [5.41, 5.74) is 0.801. The first kappa shape index (κ1) is 22.4. The van der Waals surface area contributed by atoms with Crippen molar-refractivity contribution >= 4 is 29.3 Å². The molecular formula is C22H32N6OS. The highest BCUT2D eigenvalue weighted by Crippen LogP contribution is 2.30.